The molecule has 2 aliphatic rings. The SMILES string of the molecule is CC1C(C(=O)Nc2cc(C#N)ccc2CCCC(=O)O)[C@@]12CCc1ccc(C(=O)Nc3cnn(C)c3)cc12. The zero-order valence-corrected chi connectivity index (χ0v) is 21.3. The van der Waals surface area contributed by atoms with E-state index < -0.39 is 5.97 Å². The number of fused-ring (bicyclic) bond motifs is 2. The molecule has 3 N–H and O–H groups in total. The number of nitriles is 1. The lowest BCUT2D eigenvalue weighted by molar-refractivity contribution is -0.137. The normalized spacial score (nSPS) is 21.0. The summed E-state index contributed by atoms with van der Waals surface area (Å²) in [6.07, 6.45) is 5.95. The molecular weight excluding hydrogens is 482 g/mol. The maximum absolute atomic E-state index is 13.6. The van der Waals surface area contributed by atoms with Crippen LogP contribution in [0.3, 0.4) is 0 Å². The fourth-order valence-corrected chi connectivity index (χ4v) is 6.04. The number of nitrogens with zero attached hydrogens (tertiary/aromatic N) is 3. The van der Waals surface area contributed by atoms with Gasteiger partial charge in [0, 0.05) is 36.3 Å². The number of amides is 2. The molecule has 1 fully saturated rings. The Morgan fingerprint density at radius 2 is 2.03 bits per heavy atom. The molecule has 1 aromatic heterocycles. The van der Waals surface area contributed by atoms with Gasteiger partial charge in [0.2, 0.25) is 5.91 Å². The molecule has 1 heterocycles. The van der Waals surface area contributed by atoms with Gasteiger partial charge in [0.25, 0.3) is 5.91 Å². The van der Waals surface area contributed by atoms with Gasteiger partial charge in [-0.2, -0.15) is 10.4 Å². The molecule has 3 atom stereocenters. The highest BCUT2D eigenvalue weighted by Crippen LogP contribution is 2.66. The van der Waals surface area contributed by atoms with E-state index in [-0.39, 0.29) is 35.5 Å². The van der Waals surface area contributed by atoms with E-state index in [4.69, 9.17) is 5.11 Å². The Kier molecular flexibility index (Phi) is 6.49. The van der Waals surface area contributed by atoms with Crippen LogP contribution in [0.25, 0.3) is 0 Å². The number of aryl methyl sites for hydroxylation is 3. The van der Waals surface area contributed by atoms with Crippen LogP contribution >= 0.6 is 0 Å². The Hall–Kier alpha value is -4.45. The molecule has 5 rings (SSSR count). The number of anilines is 2. The quantitative estimate of drug-likeness (QED) is 0.417. The van der Waals surface area contributed by atoms with Gasteiger partial charge >= 0.3 is 5.97 Å². The first-order valence-corrected chi connectivity index (χ1v) is 12.7. The first-order chi connectivity index (χ1) is 18.2. The number of hydrogen-bond acceptors (Lipinski definition) is 5. The monoisotopic (exact) mass is 511 g/mol. The van der Waals surface area contributed by atoms with Gasteiger partial charge in [-0.3, -0.25) is 19.1 Å². The number of aromatic nitrogens is 2. The Morgan fingerprint density at radius 1 is 1.21 bits per heavy atom. The van der Waals surface area contributed by atoms with Crippen molar-refractivity contribution in [3.05, 3.63) is 76.6 Å². The predicted octanol–water partition coefficient (Wildman–Crippen LogP) is 4.04. The second-order valence-corrected chi connectivity index (χ2v) is 10.3. The summed E-state index contributed by atoms with van der Waals surface area (Å²) >= 11 is 0. The van der Waals surface area contributed by atoms with Crippen LogP contribution in [-0.2, 0) is 34.9 Å². The predicted molar refractivity (Wildman–Crippen MR) is 141 cm³/mol. The lowest BCUT2D eigenvalue weighted by atomic mass is 9.92. The second kappa shape index (κ2) is 9.78. The molecule has 2 aromatic carbocycles. The number of nitrogens with one attached hydrogen (secondary N) is 2. The number of aliphatic carboxylic acids is 1. The summed E-state index contributed by atoms with van der Waals surface area (Å²) in [6.45, 7) is 2.07. The molecule has 0 aliphatic heterocycles. The van der Waals surface area contributed by atoms with Crippen molar-refractivity contribution in [3.8, 4) is 6.07 Å². The fourth-order valence-electron chi connectivity index (χ4n) is 6.04. The van der Waals surface area contributed by atoms with Crippen molar-refractivity contribution in [2.75, 3.05) is 10.6 Å². The molecule has 0 saturated heterocycles. The van der Waals surface area contributed by atoms with Crippen molar-refractivity contribution in [3.63, 3.8) is 0 Å². The summed E-state index contributed by atoms with van der Waals surface area (Å²) in [5.74, 6) is -1.39. The van der Waals surface area contributed by atoms with Crippen LogP contribution in [0.15, 0.2) is 48.8 Å². The highest BCUT2D eigenvalue weighted by molar-refractivity contribution is 6.04. The number of carbonyl (C=O) groups is 3. The molecule has 9 heteroatoms. The number of carbonyl (C=O) groups excluding carboxylic acids is 2. The minimum Gasteiger partial charge on any atom is -0.481 e. The van der Waals surface area contributed by atoms with Crippen molar-refractivity contribution >= 4 is 29.2 Å². The highest BCUT2D eigenvalue weighted by atomic mass is 16.4. The maximum Gasteiger partial charge on any atom is 0.303 e. The van der Waals surface area contributed by atoms with Crippen LogP contribution in [0.4, 0.5) is 11.4 Å². The van der Waals surface area contributed by atoms with Crippen LogP contribution in [0.1, 0.15) is 58.8 Å². The van der Waals surface area contributed by atoms with Gasteiger partial charge in [-0.05, 0) is 72.6 Å². The summed E-state index contributed by atoms with van der Waals surface area (Å²) in [6, 6.07) is 12.9. The minimum absolute atomic E-state index is 0.0314. The smallest absolute Gasteiger partial charge is 0.303 e. The molecular formula is C29H29N5O4. The van der Waals surface area contributed by atoms with E-state index in [0.717, 1.165) is 29.5 Å². The van der Waals surface area contributed by atoms with Crippen molar-refractivity contribution in [2.24, 2.45) is 18.9 Å². The van der Waals surface area contributed by atoms with E-state index in [1.165, 1.54) is 0 Å². The van der Waals surface area contributed by atoms with E-state index in [1.54, 1.807) is 42.3 Å². The molecule has 0 bridgehead atoms. The standard InChI is InChI=1S/C29H29N5O4/c1-17-26(28(38)33-24-12-18(14-30)6-7-20(24)4-3-5-25(35)36)29(17)11-10-19-8-9-21(13-23(19)29)27(37)32-22-15-31-34(2)16-22/h6-9,12-13,15-17,26H,3-5,10-11H2,1-2H3,(H,32,37)(H,33,38)(H,35,36)/t17?,26?,29-/m0/s1. The molecule has 3 aromatic rings. The molecule has 9 nitrogen and oxygen atoms in total. The Bertz CT molecular complexity index is 1490. The van der Waals surface area contributed by atoms with Crippen molar-refractivity contribution in [2.45, 2.75) is 44.4 Å². The summed E-state index contributed by atoms with van der Waals surface area (Å²) in [5.41, 5.74) is 4.82. The topological polar surface area (TPSA) is 137 Å². The van der Waals surface area contributed by atoms with Crippen molar-refractivity contribution in [1.82, 2.24) is 9.78 Å². The number of carboxylic acids is 1. The third-order valence-electron chi connectivity index (χ3n) is 8.02. The van der Waals surface area contributed by atoms with E-state index in [1.807, 2.05) is 18.2 Å². The van der Waals surface area contributed by atoms with Gasteiger partial charge in [0.15, 0.2) is 0 Å². The van der Waals surface area contributed by atoms with Gasteiger partial charge in [-0.15, -0.1) is 0 Å². The van der Waals surface area contributed by atoms with E-state index >= 15 is 0 Å². The summed E-state index contributed by atoms with van der Waals surface area (Å²) in [7, 11) is 1.78. The van der Waals surface area contributed by atoms with Gasteiger partial charge < -0.3 is 15.7 Å². The number of benzene rings is 2. The molecule has 0 radical (unpaired) electrons. The first kappa shape index (κ1) is 25.2. The fraction of sp³-hybridized carbons (Fsp3) is 0.345. The Morgan fingerprint density at radius 3 is 2.74 bits per heavy atom. The molecule has 38 heavy (non-hydrogen) atoms. The van der Waals surface area contributed by atoms with Crippen LogP contribution in [0, 0.1) is 23.2 Å². The van der Waals surface area contributed by atoms with Crippen molar-refractivity contribution < 1.29 is 19.5 Å². The van der Waals surface area contributed by atoms with Crippen LogP contribution in [-0.4, -0.2) is 32.7 Å². The Balaban J connectivity index is 1.36. The second-order valence-electron chi connectivity index (χ2n) is 10.3. The van der Waals surface area contributed by atoms with Gasteiger partial charge in [-0.25, -0.2) is 0 Å². The number of hydrogen-bond donors (Lipinski definition) is 3. The molecule has 2 unspecified atom stereocenters. The number of rotatable bonds is 8. The summed E-state index contributed by atoms with van der Waals surface area (Å²) < 4.78 is 1.62. The van der Waals surface area contributed by atoms with Crippen molar-refractivity contribution in [1.29, 1.82) is 5.26 Å². The highest BCUT2D eigenvalue weighted by Gasteiger charge is 2.68. The molecule has 1 spiro atoms. The van der Waals surface area contributed by atoms with Crippen LogP contribution in [0.5, 0.6) is 0 Å². The first-order valence-electron chi connectivity index (χ1n) is 12.7. The van der Waals surface area contributed by atoms with Crippen LogP contribution < -0.4 is 10.6 Å². The zero-order valence-electron chi connectivity index (χ0n) is 21.3. The van der Waals surface area contributed by atoms with Gasteiger partial charge in [0.1, 0.15) is 0 Å². The van der Waals surface area contributed by atoms with E-state index in [0.29, 0.717) is 35.3 Å². The Labute approximate surface area is 220 Å². The largest absolute Gasteiger partial charge is 0.481 e. The summed E-state index contributed by atoms with van der Waals surface area (Å²) in [4.78, 5) is 37.5. The average Bonchev–Trinajstić information content (AvgIpc) is 3.13. The van der Waals surface area contributed by atoms with Crippen LogP contribution in [0.2, 0.25) is 0 Å². The van der Waals surface area contributed by atoms with Gasteiger partial charge in [-0.1, -0.05) is 19.1 Å². The van der Waals surface area contributed by atoms with Gasteiger partial charge in [0.05, 0.1) is 29.4 Å². The lowest BCUT2D eigenvalue weighted by Gasteiger charge is -2.15. The zero-order chi connectivity index (χ0) is 27.0. The third kappa shape index (κ3) is 4.54. The average molecular weight is 512 g/mol. The van der Waals surface area contributed by atoms with E-state index in [9.17, 15) is 19.6 Å². The minimum atomic E-state index is -0.869. The third-order valence-corrected chi connectivity index (χ3v) is 8.02. The maximum atomic E-state index is 13.6. The molecule has 2 amide bonds. The summed E-state index contributed by atoms with van der Waals surface area (Å²) in [5, 5.41) is 28.3. The molecule has 1 saturated carbocycles. The molecule has 194 valence electrons. The van der Waals surface area contributed by atoms with E-state index in [2.05, 4.69) is 28.7 Å². The lowest BCUT2D eigenvalue weighted by Crippen LogP contribution is -2.21. The number of carboxylic acid groups (broad SMARTS) is 1. The molecule has 2 aliphatic carbocycles.